The lowest BCUT2D eigenvalue weighted by Gasteiger charge is -2.09. The van der Waals surface area contributed by atoms with E-state index in [1.54, 1.807) is 0 Å². The van der Waals surface area contributed by atoms with Gasteiger partial charge in [0.1, 0.15) is 5.82 Å². The molecule has 0 spiro atoms. The summed E-state index contributed by atoms with van der Waals surface area (Å²) in [6.45, 7) is -0.459. The predicted octanol–water partition coefficient (Wildman–Crippen LogP) is 2.15. The highest BCUT2D eigenvalue weighted by Gasteiger charge is 2.14. The number of nitrogens with two attached hydrogens (primary N) is 1. The summed E-state index contributed by atoms with van der Waals surface area (Å²) in [5.74, 6) is -2.23. The van der Waals surface area contributed by atoms with Gasteiger partial charge in [0.2, 0.25) is 15.9 Å². The van der Waals surface area contributed by atoms with E-state index in [1.165, 1.54) is 18.2 Å². The molecule has 11 heteroatoms. The Kier molecular flexibility index (Phi) is 6.19. The minimum Gasteiger partial charge on any atom is -0.343 e. The van der Waals surface area contributed by atoms with Gasteiger partial charge >= 0.3 is 0 Å². The highest BCUT2D eigenvalue weighted by molar-refractivity contribution is 7.89. The molecular formula is C15H12Cl2FN3O4S. The van der Waals surface area contributed by atoms with E-state index >= 15 is 0 Å². The lowest BCUT2D eigenvalue weighted by molar-refractivity contribution is -0.115. The van der Waals surface area contributed by atoms with Crippen molar-refractivity contribution >= 4 is 50.7 Å². The van der Waals surface area contributed by atoms with E-state index in [1.807, 2.05) is 0 Å². The van der Waals surface area contributed by atoms with Crippen LogP contribution in [0.5, 0.6) is 0 Å². The Hall–Kier alpha value is -2.20. The van der Waals surface area contributed by atoms with Gasteiger partial charge in [0.05, 0.1) is 22.0 Å². The largest absolute Gasteiger partial charge is 0.343 e. The Bertz CT molecular complexity index is 983. The van der Waals surface area contributed by atoms with Gasteiger partial charge in [0.15, 0.2) is 0 Å². The number of nitrogens with one attached hydrogen (secondary N) is 2. The molecule has 0 saturated heterocycles. The molecule has 0 aliphatic carbocycles. The fourth-order valence-corrected chi connectivity index (χ4v) is 3.00. The number of hydrogen-bond donors (Lipinski definition) is 3. The molecular weight excluding hydrogens is 408 g/mol. The number of primary sulfonamides is 1. The van der Waals surface area contributed by atoms with Gasteiger partial charge in [0.25, 0.3) is 5.91 Å². The van der Waals surface area contributed by atoms with Crippen LogP contribution in [0.2, 0.25) is 10.0 Å². The number of carbonyl (C=O) groups excluding carboxylic acids is 2. The van der Waals surface area contributed by atoms with Crippen LogP contribution in [0.15, 0.2) is 41.3 Å². The minimum absolute atomic E-state index is 0.110. The Balaban J connectivity index is 2.03. The van der Waals surface area contributed by atoms with Gasteiger partial charge in [-0.3, -0.25) is 9.59 Å². The molecule has 2 amide bonds. The van der Waals surface area contributed by atoms with Gasteiger partial charge < -0.3 is 10.6 Å². The number of rotatable bonds is 5. The summed E-state index contributed by atoms with van der Waals surface area (Å²) in [6.07, 6.45) is 0. The number of anilines is 1. The smallest absolute Gasteiger partial charge is 0.253 e. The van der Waals surface area contributed by atoms with Crippen LogP contribution in [0.1, 0.15) is 10.4 Å². The van der Waals surface area contributed by atoms with E-state index in [-0.39, 0.29) is 16.3 Å². The van der Waals surface area contributed by atoms with Crippen molar-refractivity contribution in [1.82, 2.24) is 5.32 Å². The summed E-state index contributed by atoms with van der Waals surface area (Å²) in [5.41, 5.74) is -0.0102. The normalized spacial score (nSPS) is 11.1. The molecule has 2 rings (SSSR count). The molecule has 2 aromatic rings. The molecule has 0 unspecified atom stereocenters. The molecule has 0 aliphatic rings. The number of halogens is 3. The van der Waals surface area contributed by atoms with E-state index < -0.39 is 39.1 Å². The molecule has 0 saturated carbocycles. The minimum atomic E-state index is -4.14. The van der Waals surface area contributed by atoms with Gasteiger partial charge in [-0.05, 0) is 36.4 Å². The predicted molar refractivity (Wildman–Crippen MR) is 95.2 cm³/mol. The van der Waals surface area contributed by atoms with Crippen molar-refractivity contribution in [3.8, 4) is 0 Å². The Morgan fingerprint density at radius 1 is 1.12 bits per heavy atom. The second kappa shape index (κ2) is 8.00. The van der Waals surface area contributed by atoms with Gasteiger partial charge in [-0.2, -0.15) is 0 Å². The summed E-state index contributed by atoms with van der Waals surface area (Å²) in [7, 11) is -4.14. The molecule has 7 nitrogen and oxygen atoms in total. The molecule has 0 bridgehead atoms. The van der Waals surface area contributed by atoms with E-state index in [0.717, 1.165) is 18.2 Å². The van der Waals surface area contributed by atoms with Crippen LogP contribution in [-0.2, 0) is 14.8 Å². The first-order chi connectivity index (χ1) is 12.1. The van der Waals surface area contributed by atoms with Crippen molar-refractivity contribution in [2.24, 2.45) is 5.14 Å². The molecule has 138 valence electrons. The summed E-state index contributed by atoms with van der Waals surface area (Å²) < 4.78 is 36.0. The van der Waals surface area contributed by atoms with Gasteiger partial charge in [-0.15, -0.1) is 0 Å². The second-order valence-electron chi connectivity index (χ2n) is 5.08. The first-order valence-electron chi connectivity index (χ1n) is 6.93. The summed E-state index contributed by atoms with van der Waals surface area (Å²) in [4.78, 5) is 23.4. The SMILES string of the molecule is NS(=O)(=O)c1cc(F)cc(NC(=O)CNC(=O)c2ccc(Cl)cc2Cl)c1. The highest BCUT2D eigenvalue weighted by atomic mass is 35.5. The zero-order valence-electron chi connectivity index (χ0n) is 12.9. The molecule has 4 N–H and O–H groups in total. The Morgan fingerprint density at radius 2 is 1.81 bits per heavy atom. The average Bonchev–Trinajstić information content (AvgIpc) is 2.51. The number of benzene rings is 2. The quantitative estimate of drug-likeness (QED) is 0.687. The number of carbonyl (C=O) groups is 2. The van der Waals surface area contributed by atoms with Crippen molar-refractivity contribution < 1.29 is 22.4 Å². The van der Waals surface area contributed by atoms with Crippen LogP contribution in [0.25, 0.3) is 0 Å². The van der Waals surface area contributed by atoms with E-state index in [4.69, 9.17) is 28.3 Å². The molecule has 26 heavy (non-hydrogen) atoms. The summed E-state index contributed by atoms with van der Waals surface area (Å²) in [5, 5.41) is 9.97. The first-order valence-corrected chi connectivity index (χ1v) is 9.23. The van der Waals surface area contributed by atoms with Gasteiger partial charge in [0, 0.05) is 10.7 Å². The Labute approximate surface area is 158 Å². The van der Waals surface area contributed by atoms with E-state index in [9.17, 15) is 22.4 Å². The lowest BCUT2D eigenvalue weighted by Crippen LogP contribution is -2.33. The van der Waals surface area contributed by atoms with Crippen molar-refractivity contribution in [1.29, 1.82) is 0 Å². The van der Waals surface area contributed by atoms with Gasteiger partial charge in [-0.25, -0.2) is 17.9 Å². The maximum atomic E-state index is 13.5. The van der Waals surface area contributed by atoms with Crippen LogP contribution in [0.4, 0.5) is 10.1 Å². The van der Waals surface area contributed by atoms with Crippen LogP contribution in [0, 0.1) is 5.82 Å². The zero-order valence-corrected chi connectivity index (χ0v) is 15.3. The average molecular weight is 420 g/mol. The third-order valence-corrected chi connectivity index (χ3v) is 4.51. The zero-order chi connectivity index (χ0) is 19.5. The Morgan fingerprint density at radius 3 is 2.42 bits per heavy atom. The van der Waals surface area contributed by atoms with Crippen molar-refractivity contribution in [2.45, 2.75) is 4.90 Å². The second-order valence-corrected chi connectivity index (χ2v) is 7.48. The van der Waals surface area contributed by atoms with Crippen molar-refractivity contribution in [2.75, 3.05) is 11.9 Å². The van der Waals surface area contributed by atoms with Crippen LogP contribution in [-0.4, -0.2) is 26.8 Å². The van der Waals surface area contributed by atoms with E-state index in [2.05, 4.69) is 10.6 Å². The fourth-order valence-electron chi connectivity index (χ4n) is 1.93. The molecule has 0 heterocycles. The first kappa shape index (κ1) is 20.1. The number of sulfonamides is 1. The van der Waals surface area contributed by atoms with Crippen LogP contribution < -0.4 is 15.8 Å². The number of hydrogen-bond acceptors (Lipinski definition) is 4. The van der Waals surface area contributed by atoms with Crippen LogP contribution >= 0.6 is 23.2 Å². The molecule has 0 fully saturated rings. The third kappa shape index (κ3) is 5.40. The van der Waals surface area contributed by atoms with Gasteiger partial charge in [-0.1, -0.05) is 23.2 Å². The molecule has 0 aromatic heterocycles. The summed E-state index contributed by atoms with van der Waals surface area (Å²) >= 11 is 11.6. The van der Waals surface area contributed by atoms with Crippen LogP contribution in [0.3, 0.4) is 0 Å². The summed E-state index contributed by atoms with van der Waals surface area (Å²) in [6, 6.07) is 6.85. The molecule has 0 aliphatic heterocycles. The topological polar surface area (TPSA) is 118 Å². The standard InChI is InChI=1S/C15H12Cl2FN3O4S/c16-8-1-2-12(13(17)3-8)15(23)20-7-14(22)21-10-4-9(18)5-11(6-10)26(19,24)25/h1-6H,7H2,(H,20,23)(H,21,22)(H2,19,24,25). The maximum Gasteiger partial charge on any atom is 0.253 e. The molecule has 2 aromatic carbocycles. The van der Waals surface area contributed by atoms with E-state index in [0.29, 0.717) is 5.02 Å². The number of amides is 2. The highest BCUT2D eigenvalue weighted by Crippen LogP contribution is 2.21. The molecule has 0 atom stereocenters. The lowest BCUT2D eigenvalue weighted by atomic mass is 10.2. The third-order valence-electron chi connectivity index (χ3n) is 3.07. The maximum absolute atomic E-state index is 13.5. The molecule has 0 radical (unpaired) electrons. The monoisotopic (exact) mass is 419 g/mol. The van der Waals surface area contributed by atoms with Crippen molar-refractivity contribution in [3.05, 3.63) is 57.8 Å². The fraction of sp³-hybridized carbons (Fsp3) is 0.0667. The van der Waals surface area contributed by atoms with Crippen molar-refractivity contribution in [3.63, 3.8) is 0 Å².